The Hall–Kier alpha value is -2.81. The van der Waals surface area contributed by atoms with Gasteiger partial charge in [0.25, 0.3) is 0 Å². The van der Waals surface area contributed by atoms with Crippen LogP contribution < -0.4 is 15.2 Å². The van der Waals surface area contributed by atoms with Crippen LogP contribution in [0.15, 0.2) is 66.7 Å². The summed E-state index contributed by atoms with van der Waals surface area (Å²) in [4.78, 5) is 0. The van der Waals surface area contributed by atoms with Crippen LogP contribution >= 0.6 is 11.6 Å². The van der Waals surface area contributed by atoms with Crippen LogP contribution in [-0.4, -0.2) is 23.7 Å². The normalized spacial score (nSPS) is 13.6. The quantitative estimate of drug-likeness (QED) is 0.312. The molecule has 0 aromatic heterocycles. The van der Waals surface area contributed by atoms with Crippen LogP contribution in [-0.2, 0) is 12.8 Å². The van der Waals surface area contributed by atoms with Gasteiger partial charge in [0.1, 0.15) is 17.2 Å². The van der Waals surface area contributed by atoms with Crippen LogP contribution in [0.3, 0.4) is 0 Å². The maximum Gasteiger partial charge on any atom is 0.461 e. The summed E-state index contributed by atoms with van der Waals surface area (Å²) in [5, 5.41) is 11.3. The Labute approximate surface area is 199 Å². The van der Waals surface area contributed by atoms with E-state index in [0.29, 0.717) is 27.6 Å². The molecule has 3 rings (SSSR count). The lowest BCUT2D eigenvalue weighted by molar-refractivity contribution is -0.253. The maximum atomic E-state index is 13.1. The lowest BCUT2D eigenvalue weighted by Gasteiger charge is -2.21. The first-order valence-electron chi connectivity index (χ1n) is 10.5. The fraction of sp³-hybridized carbons (Fsp3) is 0.280. The van der Waals surface area contributed by atoms with Crippen molar-refractivity contribution in [2.75, 3.05) is 0 Å². The number of alkyl halides is 4. The third kappa shape index (κ3) is 6.62. The zero-order valence-corrected chi connectivity index (χ0v) is 19.0. The van der Waals surface area contributed by atoms with E-state index in [1.165, 1.54) is 12.1 Å². The van der Waals surface area contributed by atoms with Crippen LogP contribution in [0, 0.1) is 0 Å². The van der Waals surface area contributed by atoms with Gasteiger partial charge in [-0.2, -0.15) is 17.6 Å². The Morgan fingerprint density at radius 2 is 1.65 bits per heavy atom. The highest BCUT2D eigenvalue weighted by Crippen LogP contribution is 2.30. The van der Waals surface area contributed by atoms with E-state index in [-0.39, 0.29) is 6.42 Å². The van der Waals surface area contributed by atoms with Gasteiger partial charge in [0.05, 0.1) is 6.10 Å². The number of rotatable bonds is 10. The largest absolute Gasteiger partial charge is 0.461 e. The molecular weight excluding hydrogens is 474 g/mol. The molecule has 2 unspecified atom stereocenters. The molecule has 0 fully saturated rings. The molecule has 0 saturated heterocycles. The number of halogens is 5. The van der Waals surface area contributed by atoms with E-state index in [2.05, 4.69) is 4.74 Å². The van der Waals surface area contributed by atoms with Crippen molar-refractivity contribution in [2.24, 2.45) is 5.73 Å². The first-order valence-corrected chi connectivity index (χ1v) is 10.9. The summed E-state index contributed by atoms with van der Waals surface area (Å²) in [5.74, 6) is 0.767. The number of nitrogens with two attached hydrogens (primary N) is 1. The predicted molar refractivity (Wildman–Crippen MR) is 122 cm³/mol. The molecule has 3 N–H and O–H groups in total. The van der Waals surface area contributed by atoms with Crippen molar-refractivity contribution in [3.63, 3.8) is 0 Å². The Bertz CT molecular complexity index is 1100. The fourth-order valence-electron chi connectivity index (χ4n) is 3.32. The SMILES string of the molecule is CCc1cc(Oc2ccc(C(O)C(N)Cc3cccc(OC(F)(F)C(F)F)c3)cc2)ccc1Cl. The van der Waals surface area contributed by atoms with Crippen molar-refractivity contribution in [2.45, 2.75) is 44.4 Å². The molecule has 0 amide bonds. The van der Waals surface area contributed by atoms with E-state index < -0.39 is 30.4 Å². The zero-order valence-electron chi connectivity index (χ0n) is 18.2. The number of ether oxygens (including phenoxy) is 2. The van der Waals surface area contributed by atoms with Crippen LogP contribution in [0.5, 0.6) is 17.2 Å². The third-order valence-electron chi connectivity index (χ3n) is 5.14. The van der Waals surface area contributed by atoms with Gasteiger partial charge in [-0.15, -0.1) is 0 Å². The summed E-state index contributed by atoms with van der Waals surface area (Å²) >= 11 is 6.13. The second-order valence-corrected chi connectivity index (χ2v) is 8.11. The first-order chi connectivity index (χ1) is 16.1. The van der Waals surface area contributed by atoms with E-state index >= 15 is 0 Å². The minimum Gasteiger partial charge on any atom is -0.457 e. The first kappa shape index (κ1) is 25.8. The lowest BCUT2D eigenvalue weighted by Crippen LogP contribution is -2.33. The monoisotopic (exact) mass is 497 g/mol. The molecule has 0 bridgehead atoms. The molecule has 0 aliphatic carbocycles. The highest BCUT2D eigenvalue weighted by molar-refractivity contribution is 6.31. The fourth-order valence-corrected chi connectivity index (χ4v) is 3.57. The van der Waals surface area contributed by atoms with Gasteiger partial charge in [-0.25, -0.2) is 0 Å². The van der Waals surface area contributed by atoms with Gasteiger partial charge in [-0.05, 0) is 72.0 Å². The molecule has 2 atom stereocenters. The molecule has 0 saturated carbocycles. The van der Waals surface area contributed by atoms with Crippen LogP contribution in [0.2, 0.25) is 5.02 Å². The number of aliphatic hydroxyl groups is 1. The van der Waals surface area contributed by atoms with Crippen molar-refractivity contribution < 1.29 is 32.1 Å². The molecule has 182 valence electrons. The number of aliphatic hydroxyl groups excluding tert-OH is 1. The van der Waals surface area contributed by atoms with Gasteiger partial charge in [0.15, 0.2) is 0 Å². The summed E-state index contributed by atoms with van der Waals surface area (Å²) in [5.41, 5.74) is 8.05. The highest BCUT2D eigenvalue weighted by atomic mass is 35.5. The summed E-state index contributed by atoms with van der Waals surface area (Å²) in [6.07, 6.45) is -8.76. The summed E-state index contributed by atoms with van der Waals surface area (Å²) < 4.78 is 61.0. The zero-order chi connectivity index (χ0) is 24.9. The van der Waals surface area contributed by atoms with E-state index in [1.54, 1.807) is 42.5 Å². The van der Waals surface area contributed by atoms with Gasteiger partial charge < -0.3 is 20.3 Å². The molecule has 0 heterocycles. The number of benzene rings is 3. The Balaban J connectivity index is 1.63. The molecule has 3 aromatic carbocycles. The lowest BCUT2D eigenvalue weighted by atomic mass is 9.97. The molecule has 0 radical (unpaired) electrons. The molecular formula is C25H24ClF4NO3. The smallest absolute Gasteiger partial charge is 0.457 e. The number of aryl methyl sites for hydroxylation is 1. The standard InChI is InChI=1S/C25H24ClF4NO3/c1-2-16-14-19(10-11-21(16)26)33-18-8-6-17(7-9-18)23(32)22(31)13-15-4-3-5-20(12-15)34-25(29,30)24(27)28/h3-12,14,22-24,32H,2,13,31H2,1H3. The number of hydrogen-bond acceptors (Lipinski definition) is 4. The van der Waals surface area contributed by atoms with Gasteiger partial charge in [0, 0.05) is 11.1 Å². The van der Waals surface area contributed by atoms with Crippen LogP contribution in [0.4, 0.5) is 17.6 Å². The van der Waals surface area contributed by atoms with Gasteiger partial charge >= 0.3 is 12.5 Å². The maximum absolute atomic E-state index is 13.1. The van der Waals surface area contributed by atoms with Crippen LogP contribution in [0.25, 0.3) is 0 Å². The molecule has 0 aliphatic rings. The minimum atomic E-state index is -4.60. The highest BCUT2D eigenvalue weighted by Gasteiger charge is 2.44. The second-order valence-electron chi connectivity index (χ2n) is 7.70. The average molecular weight is 498 g/mol. The van der Waals surface area contributed by atoms with Crippen molar-refractivity contribution in [1.29, 1.82) is 0 Å². The predicted octanol–water partition coefficient (Wildman–Crippen LogP) is 6.53. The van der Waals surface area contributed by atoms with E-state index in [0.717, 1.165) is 18.1 Å². The van der Waals surface area contributed by atoms with Crippen molar-refractivity contribution in [3.8, 4) is 17.2 Å². The topological polar surface area (TPSA) is 64.7 Å². The number of hydrogen-bond donors (Lipinski definition) is 2. The van der Waals surface area contributed by atoms with Gasteiger partial charge in [-0.1, -0.05) is 42.8 Å². The van der Waals surface area contributed by atoms with E-state index in [4.69, 9.17) is 22.1 Å². The molecule has 3 aromatic rings. The molecule has 4 nitrogen and oxygen atoms in total. The summed E-state index contributed by atoms with van der Waals surface area (Å²) in [6, 6.07) is 16.6. The van der Waals surface area contributed by atoms with Crippen molar-refractivity contribution in [1.82, 2.24) is 0 Å². The van der Waals surface area contributed by atoms with Crippen molar-refractivity contribution >= 4 is 11.6 Å². The molecule has 0 aliphatic heterocycles. The second kappa shape index (κ2) is 11.1. The van der Waals surface area contributed by atoms with Crippen molar-refractivity contribution in [3.05, 3.63) is 88.4 Å². The average Bonchev–Trinajstić information content (AvgIpc) is 2.80. The minimum absolute atomic E-state index is 0.0986. The van der Waals surface area contributed by atoms with Gasteiger partial charge in [0.2, 0.25) is 0 Å². The third-order valence-corrected chi connectivity index (χ3v) is 5.51. The summed E-state index contributed by atoms with van der Waals surface area (Å²) in [6.45, 7) is 1.99. The van der Waals surface area contributed by atoms with Gasteiger partial charge in [-0.3, -0.25) is 0 Å². The van der Waals surface area contributed by atoms with E-state index in [1.807, 2.05) is 13.0 Å². The molecule has 9 heteroatoms. The Morgan fingerprint density at radius 3 is 2.29 bits per heavy atom. The van der Waals surface area contributed by atoms with Crippen LogP contribution in [0.1, 0.15) is 29.7 Å². The molecule has 34 heavy (non-hydrogen) atoms. The van der Waals surface area contributed by atoms with E-state index in [9.17, 15) is 22.7 Å². The Kier molecular flexibility index (Phi) is 8.41. The molecule has 0 spiro atoms. The Morgan fingerprint density at radius 1 is 0.971 bits per heavy atom. The summed E-state index contributed by atoms with van der Waals surface area (Å²) in [7, 11) is 0.